The van der Waals surface area contributed by atoms with Gasteiger partial charge in [0.1, 0.15) is 0 Å². The fourth-order valence-electron chi connectivity index (χ4n) is 1.83. The molecular formula is C14H30N2O. The summed E-state index contributed by atoms with van der Waals surface area (Å²) >= 11 is 0. The fraction of sp³-hybridized carbons (Fsp3) is 0.929. The van der Waals surface area contributed by atoms with E-state index in [1.807, 2.05) is 4.90 Å². The minimum atomic E-state index is 0.0234. The van der Waals surface area contributed by atoms with Crippen LogP contribution in [0.4, 0.5) is 0 Å². The van der Waals surface area contributed by atoms with Crippen molar-refractivity contribution in [1.82, 2.24) is 4.90 Å². The molecular weight excluding hydrogens is 212 g/mol. The molecule has 0 atom stereocenters. The molecule has 0 fully saturated rings. The molecule has 1 amide bonds. The molecule has 0 bridgehead atoms. The van der Waals surface area contributed by atoms with Crippen LogP contribution < -0.4 is 5.73 Å². The summed E-state index contributed by atoms with van der Waals surface area (Å²) in [5, 5.41) is 0. The van der Waals surface area contributed by atoms with Crippen molar-refractivity contribution in [2.24, 2.45) is 11.1 Å². The molecule has 102 valence electrons. The summed E-state index contributed by atoms with van der Waals surface area (Å²) in [6, 6.07) is 0. The van der Waals surface area contributed by atoms with Gasteiger partial charge in [-0.25, -0.2) is 0 Å². The first-order valence-corrected chi connectivity index (χ1v) is 6.94. The van der Waals surface area contributed by atoms with Gasteiger partial charge in [0.15, 0.2) is 0 Å². The number of rotatable bonds is 9. The van der Waals surface area contributed by atoms with E-state index >= 15 is 0 Å². The lowest BCUT2D eigenvalue weighted by atomic mass is 9.93. The van der Waals surface area contributed by atoms with Gasteiger partial charge in [0, 0.05) is 19.5 Å². The third kappa shape index (κ3) is 7.37. The van der Waals surface area contributed by atoms with E-state index in [1.165, 1.54) is 0 Å². The van der Waals surface area contributed by atoms with E-state index in [2.05, 4.69) is 27.7 Å². The Labute approximate surface area is 107 Å². The maximum absolute atomic E-state index is 12.1. The zero-order chi connectivity index (χ0) is 13.3. The van der Waals surface area contributed by atoms with Gasteiger partial charge in [-0.2, -0.15) is 0 Å². The molecule has 3 heteroatoms. The Morgan fingerprint density at radius 3 is 2.29 bits per heavy atom. The summed E-state index contributed by atoms with van der Waals surface area (Å²) in [6.45, 7) is 10.8. The van der Waals surface area contributed by atoms with E-state index in [0.717, 1.165) is 38.8 Å². The molecule has 0 rings (SSSR count). The summed E-state index contributed by atoms with van der Waals surface area (Å²) in [6.07, 6.45) is 5.02. The second-order valence-corrected chi connectivity index (χ2v) is 5.64. The zero-order valence-electron chi connectivity index (χ0n) is 12.1. The highest BCUT2D eigenvalue weighted by Crippen LogP contribution is 2.16. The van der Waals surface area contributed by atoms with Gasteiger partial charge in [0.25, 0.3) is 0 Å². The van der Waals surface area contributed by atoms with Crippen LogP contribution >= 0.6 is 0 Å². The first-order valence-electron chi connectivity index (χ1n) is 6.94. The Balaban J connectivity index is 4.25. The highest BCUT2D eigenvalue weighted by molar-refractivity contribution is 5.76. The molecule has 0 aromatic heterocycles. The molecule has 2 N–H and O–H groups in total. The normalized spacial score (nSPS) is 11.6. The molecule has 0 spiro atoms. The summed E-state index contributed by atoms with van der Waals surface area (Å²) in [5.74, 6) is 0.293. The fourth-order valence-corrected chi connectivity index (χ4v) is 1.83. The van der Waals surface area contributed by atoms with Crippen LogP contribution in [0, 0.1) is 5.41 Å². The Bertz CT molecular complexity index is 214. The van der Waals surface area contributed by atoms with E-state index in [4.69, 9.17) is 5.73 Å². The highest BCUT2D eigenvalue weighted by Gasteiger charge is 2.22. The average Bonchev–Trinajstić information content (AvgIpc) is 2.28. The molecule has 3 nitrogen and oxygen atoms in total. The molecule has 17 heavy (non-hydrogen) atoms. The van der Waals surface area contributed by atoms with Crippen LogP contribution in [0.3, 0.4) is 0 Å². The standard InChI is InChI=1S/C14H30N2O/c1-5-7-8-9-13(17)16(10-6-2)12-14(3,4)11-15/h5-12,15H2,1-4H3. The van der Waals surface area contributed by atoms with Crippen molar-refractivity contribution in [3.8, 4) is 0 Å². The summed E-state index contributed by atoms with van der Waals surface area (Å²) in [7, 11) is 0. The van der Waals surface area contributed by atoms with Crippen molar-refractivity contribution in [2.45, 2.75) is 59.8 Å². The highest BCUT2D eigenvalue weighted by atomic mass is 16.2. The number of nitrogens with two attached hydrogens (primary N) is 1. The smallest absolute Gasteiger partial charge is 0.222 e. The van der Waals surface area contributed by atoms with Gasteiger partial charge in [-0.05, 0) is 24.8 Å². The van der Waals surface area contributed by atoms with Crippen LogP contribution in [0.5, 0.6) is 0 Å². The van der Waals surface area contributed by atoms with Gasteiger partial charge in [0.2, 0.25) is 5.91 Å². The lowest BCUT2D eigenvalue weighted by Crippen LogP contribution is -2.42. The van der Waals surface area contributed by atoms with Crippen LogP contribution in [0.15, 0.2) is 0 Å². The Kier molecular flexibility index (Phi) is 8.23. The molecule has 0 saturated carbocycles. The van der Waals surface area contributed by atoms with Gasteiger partial charge in [-0.15, -0.1) is 0 Å². The van der Waals surface area contributed by atoms with E-state index in [1.54, 1.807) is 0 Å². The van der Waals surface area contributed by atoms with Crippen molar-refractivity contribution in [3.05, 3.63) is 0 Å². The van der Waals surface area contributed by atoms with Crippen LogP contribution in [0.1, 0.15) is 59.8 Å². The van der Waals surface area contributed by atoms with Crippen LogP contribution in [0.2, 0.25) is 0 Å². The largest absolute Gasteiger partial charge is 0.342 e. The summed E-state index contributed by atoms with van der Waals surface area (Å²) in [4.78, 5) is 14.1. The van der Waals surface area contributed by atoms with Gasteiger partial charge in [-0.3, -0.25) is 4.79 Å². The minimum Gasteiger partial charge on any atom is -0.342 e. The number of carbonyl (C=O) groups is 1. The van der Waals surface area contributed by atoms with E-state index < -0.39 is 0 Å². The molecule has 0 saturated heterocycles. The predicted octanol–water partition coefficient (Wildman–Crippen LogP) is 2.79. The molecule has 0 unspecified atom stereocenters. The first kappa shape index (κ1) is 16.4. The van der Waals surface area contributed by atoms with Gasteiger partial charge in [0.05, 0.1) is 0 Å². The average molecular weight is 242 g/mol. The first-order chi connectivity index (χ1) is 7.96. The Morgan fingerprint density at radius 1 is 1.18 bits per heavy atom. The molecule has 0 aliphatic heterocycles. The van der Waals surface area contributed by atoms with Crippen molar-refractivity contribution in [3.63, 3.8) is 0 Å². The molecule has 0 heterocycles. The number of unbranched alkanes of at least 4 members (excludes halogenated alkanes) is 2. The number of carbonyl (C=O) groups excluding carboxylic acids is 1. The number of hydrogen-bond donors (Lipinski definition) is 1. The topological polar surface area (TPSA) is 46.3 Å². The summed E-state index contributed by atoms with van der Waals surface area (Å²) in [5.41, 5.74) is 5.76. The van der Waals surface area contributed by atoms with Crippen molar-refractivity contribution in [1.29, 1.82) is 0 Å². The number of hydrogen-bond acceptors (Lipinski definition) is 2. The van der Waals surface area contributed by atoms with Gasteiger partial charge >= 0.3 is 0 Å². The molecule has 0 aliphatic rings. The van der Waals surface area contributed by atoms with Crippen LogP contribution in [-0.2, 0) is 4.79 Å². The lowest BCUT2D eigenvalue weighted by Gasteiger charge is -2.31. The van der Waals surface area contributed by atoms with Crippen molar-refractivity contribution in [2.75, 3.05) is 19.6 Å². The minimum absolute atomic E-state index is 0.0234. The Hall–Kier alpha value is -0.570. The second kappa shape index (κ2) is 8.51. The monoisotopic (exact) mass is 242 g/mol. The number of nitrogens with zero attached hydrogens (tertiary/aromatic N) is 1. The quantitative estimate of drug-likeness (QED) is 0.632. The number of amides is 1. The van der Waals surface area contributed by atoms with E-state index in [-0.39, 0.29) is 5.41 Å². The second-order valence-electron chi connectivity index (χ2n) is 5.64. The predicted molar refractivity (Wildman–Crippen MR) is 73.8 cm³/mol. The zero-order valence-corrected chi connectivity index (χ0v) is 12.1. The van der Waals surface area contributed by atoms with Crippen molar-refractivity contribution >= 4 is 5.91 Å². The SMILES string of the molecule is CCCCCC(=O)N(CCC)CC(C)(C)CN. The lowest BCUT2D eigenvalue weighted by molar-refractivity contribution is -0.132. The molecule has 0 radical (unpaired) electrons. The third-order valence-electron chi connectivity index (χ3n) is 3.01. The van der Waals surface area contributed by atoms with Crippen LogP contribution in [-0.4, -0.2) is 30.4 Å². The van der Waals surface area contributed by atoms with Crippen LogP contribution in [0.25, 0.3) is 0 Å². The van der Waals surface area contributed by atoms with Gasteiger partial charge < -0.3 is 10.6 Å². The van der Waals surface area contributed by atoms with Crippen molar-refractivity contribution < 1.29 is 4.79 Å². The van der Waals surface area contributed by atoms with E-state index in [0.29, 0.717) is 18.9 Å². The molecule has 0 aromatic carbocycles. The third-order valence-corrected chi connectivity index (χ3v) is 3.01. The van der Waals surface area contributed by atoms with E-state index in [9.17, 15) is 4.79 Å². The maximum atomic E-state index is 12.1. The summed E-state index contributed by atoms with van der Waals surface area (Å²) < 4.78 is 0. The molecule has 0 aliphatic carbocycles. The maximum Gasteiger partial charge on any atom is 0.222 e. The molecule has 0 aromatic rings. The van der Waals surface area contributed by atoms with Gasteiger partial charge in [-0.1, -0.05) is 40.5 Å². The Morgan fingerprint density at radius 2 is 1.82 bits per heavy atom.